The molecular formula is C20H19ClF3N3O4. The molecular weight excluding hydrogens is 439 g/mol. The van der Waals surface area contributed by atoms with Crippen molar-refractivity contribution >= 4 is 35.2 Å². The number of hydrogen-bond donors (Lipinski definition) is 3. The Labute approximate surface area is 180 Å². The van der Waals surface area contributed by atoms with Gasteiger partial charge in [0.1, 0.15) is 0 Å². The van der Waals surface area contributed by atoms with E-state index in [9.17, 15) is 27.6 Å². The Balaban J connectivity index is 2.02. The fourth-order valence-corrected chi connectivity index (χ4v) is 2.92. The van der Waals surface area contributed by atoms with Crippen LogP contribution >= 0.6 is 11.6 Å². The number of amides is 3. The summed E-state index contributed by atoms with van der Waals surface area (Å²) >= 11 is 6.09. The maximum absolute atomic E-state index is 12.8. The number of anilines is 1. The van der Waals surface area contributed by atoms with Crippen LogP contribution in [-0.4, -0.2) is 24.0 Å². The average molecular weight is 458 g/mol. The van der Waals surface area contributed by atoms with E-state index >= 15 is 0 Å². The fraction of sp³-hybridized carbons (Fsp3) is 0.250. The maximum Gasteiger partial charge on any atom is 0.416 e. The highest BCUT2D eigenvalue weighted by molar-refractivity contribution is 6.31. The number of hydrogen-bond acceptors (Lipinski definition) is 4. The van der Waals surface area contributed by atoms with Gasteiger partial charge in [-0.2, -0.15) is 13.2 Å². The third-order valence-electron chi connectivity index (χ3n) is 4.10. The molecule has 0 bridgehead atoms. The molecule has 0 saturated heterocycles. The molecule has 2 rings (SSSR count). The zero-order chi connectivity index (χ0) is 23.2. The van der Waals surface area contributed by atoms with Crippen molar-refractivity contribution in [2.24, 2.45) is 5.73 Å². The molecule has 0 saturated carbocycles. The minimum Gasteiger partial charge on any atom is -0.452 e. The molecule has 0 aromatic heterocycles. The second-order valence-corrected chi connectivity index (χ2v) is 6.89. The third-order valence-corrected chi connectivity index (χ3v) is 4.45. The second-order valence-electron chi connectivity index (χ2n) is 6.49. The molecule has 7 nitrogen and oxygen atoms in total. The number of esters is 1. The Kier molecular flexibility index (Phi) is 7.87. The summed E-state index contributed by atoms with van der Waals surface area (Å²) in [5.41, 5.74) is 4.52. The van der Waals surface area contributed by atoms with Gasteiger partial charge in [-0.1, -0.05) is 35.9 Å². The zero-order valence-corrected chi connectivity index (χ0v) is 17.0. The van der Waals surface area contributed by atoms with Gasteiger partial charge in [0.05, 0.1) is 18.0 Å². The van der Waals surface area contributed by atoms with Gasteiger partial charge in [-0.15, -0.1) is 0 Å². The molecule has 0 aliphatic heterocycles. The van der Waals surface area contributed by atoms with Crippen LogP contribution in [0.5, 0.6) is 0 Å². The van der Waals surface area contributed by atoms with Crippen molar-refractivity contribution in [1.29, 1.82) is 0 Å². The van der Waals surface area contributed by atoms with Crippen LogP contribution in [0.1, 0.15) is 30.5 Å². The van der Waals surface area contributed by atoms with Gasteiger partial charge in [0.2, 0.25) is 0 Å². The maximum atomic E-state index is 12.8. The van der Waals surface area contributed by atoms with Gasteiger partial charge in [-0.3, -0.25) is 9.59 Å². The number of halogens is 4. The Morgan fingerprint density at radius 2 is 1.81 bits per heavy atom. The molecule has 4 N–H and O–H groups in total. The quantitative estimate of drug-likeness (QED) is 0.545. The summed E-state index contributed by atoms with van der Waals surface area (Å²) < 4.78 is 43.4. The van der Waals surface area contributed by atoms with Crippen molar-refractivity contribution in [2.75, 3.05) is 5.32 Å². The van der Waals surface area contributed by atoms with E-state index in [1.54, 1.807) is 24.3 Å². The summed E-state index contributed by atoms with van der Waals surface area (Å²) in [6.07, 6.45) is -6.27. The van der Waals surface area contributed by atoms with Crippen LogP contribution in [0.3, 0.4) is 0 Å². The molecule has 166 valence electrons. The number of alkyl halides is 3. The number of urea groups is 1. The third kappa shape index (κ3) is 7.18. The van der Waals surface area contributed by atoms with Crippen LogP contribution in [0.4, 0.5) is 23.7 Å². The number of nitrogens with one attached hydrogen (secondary N) is 2. The fourth-order valence-electron chi connectivity index (χ4n) is 2.65. The summed E-state index contributed by atoms with van der Waals surface area (Å²) in [7, 11) is 0. The van der Waals surface area contributed by atoms with Crippen LogP contribution in [-0.2, 0) is 20.5 Å². The molecule has 2 aromatic carbocycles. The van der Waals surface area contributed by atoms with E-state index in [4.69, 9.17) is 22.1 Å². The lowest BCUT2D eigenvalue weighted by Crippen LogP contribution is -2.36. The predicted octanol–water partition coefficient (Wildman–Crippen LogP) is 4.03. The van der Waals surface area contributed by atoms with Crippen LogP contribution < -0.4 is 16.4 Å². The van der Waals surface area contributed by atoms with Gasteiger partial charge in [0.25, 0.3) is 5.91 Å². The number of carbonyl (C=O) groups is 3. The second kappa shape index (κ2) is 10.2. The molecule has 0 spiro atoms. The van der Waals surface area contributed by atoms with E-state index in [1.807, 2.05) is 0 Å². The van der Waals surface area contributed by atoms with E-state index in [0.717, 1.165) is 18.2 Å². The van der Waals surface area contributed by atoms with Gasteiger partial charge < -0.3 is 21.1 Å². The Hall–Kier alpha value is -3.27. The lowest BCUT2D eigenvalue weighted by Gasteiger charge is -2.20. The van der Waals surface area contributed by atoms with Gasteiger partial charge in [0.15, 0.2) is 6.10 Å². The number of rotatable bonds is 7. The molecule has 31 heavy (non-hydrogen) atoms. The summed E-state index contributed by atoms with van der Waals surface area (Å²) in [6, 6.07) is 8.67. The first-order valence-corrected chi connectivity index (χ1v) is 9.33. The minimum absolute atomic E-state index is 0.105. The molecule has 0 fully saturated rings. The Bertz CT molecular complexity index is 969. The zero-order valence-electron chi connectivity index (χ0n) is 16.2. The molecule has 0 radical (unpaired) electrons. The van der Waals surface area contributed by atoms with Gasteiger partial charge in [-0.25, -0.2) is 4.79 Å². The summed E-state index contributed by atoms with van der Waals surface area (Å²) in [6.45, 7) is 1.26. The van der Waals surface area contributed by atoms with Crippen LogP contribution in [0.15, 0.2) is 48.5 Å². The van der Waals surface area contributed by atoms with Gasteiger partial charge >= 0.3 is 18.2 Å². The SMILES string of the molecule is CC(OC(=O)CC(NC(N)=O)c1ccccc1Cl)C(=O)Nc1cccc(C(F)(F)F)c1. The highest BCUT2D eigenvalue weighted by Crippen LogP contribution is 2.30. The molecule has 0 aliphatic rings. The van der Waals surface area contributed by atoms with Gasteiger partial charge in [-0.05, 0) is 36.8 Å². The first-order chi connectivity index (χ1) is 14.5. The average Bonchev–Trinajstić information content (AvgIpc) is 2.67. The molecule has 0 aliphatic carbocycles. The smallest absolute Gasteiger partial charge is 0.416 e. The molecule has 2 unspecified atom stereocenters. The van der Waals surface area contributed by atoms with Gasteiger partial charge in [0, 0.05) is 10.7 Å². The molecule has 3 amide bonds. The molecule has 2 aromatic rings. The number of benzene rings is 2. The number of primary amides is 1. The molecule has 2 atom stereocenters. The first kappa shape index (κ1) is 24.0. The van der Waals surface area contributed by atoms with E-state index < -0.39 is 41.8 Å². The monoisotopic (exact) mass is 457 g/mol. The van der Waals surface area contributed by atoms with E-state index in [-0.39, 0.29) is 17.1 Å². The molecule has 11 heteroatoms. The summed E-state index contributed by atoms with van der Waals surface area (Å²) in [5.74, 6) is -1.69. The van der Waals surface area contributed by atoms with Crippen molar-refractivity contribution in [3.05, 3.63) is 64.7 Å². The van der Waals surface area contributed by atoms with E-state index in [1.165, 1.54) is 13.0 Å². The topological polar surface area (TPSA) is 111 Å². The van der Waals surface area contributed by atoms with Crippen LogP contribution in [0.2, 0.25) is 5.02 Å². The van der Waals surface area contributed by atoms with Crippen molar-refractivity contribution in [1.82, 2.24) is 5.32 Å². The van der Waals surface area contributed by atoms with Crippen LogP contribution in [0.25, 0.3) is 0 Å². The van der Waals surface area contributed by atoms with Crippen LogP contribution in [0, 0.1) is 0 Å². The Morgan fingerprint density at radius 3 is 2.42 bits per heavy atom. The highest BCUT2D eigenvalue weighted by Gasteiger charge is 2.31. The van der Waals surface area contributed by atoms with Crippen molar-refractivity contribution in [3.63, 3.8) is 0 Å². The largest absolute Gasteiger partial charge is 0.452 e. The minimum atomic E-state index is -4.57. The predicted molar refractivity (Wildman–Crippen MR) is 107 cm³/mol. The number of nitrogens with two attached hydrogens (primary N) is 1. The number of ether oxygens (including phenoxy) is 1. The van der Waals surface area contributed by atoms with E-state index in [0.29, 0.717) is 5.56 Å². The summed E-state index contributed by atoms with van der Waals surface area (Å²) in [5, 5.41) is 4.92. The normalized spacial score (nSPS) is 13.1. The lowest BCUT2D eigenvalue weighted by atomic mass is 10.0. The van der Waals surface area contributed by atoms with E-state index in [2.05, 4.69) is 10.6 Å². The summed E-state index contributed by atoms with van der Waals surface area (Å²) in [4.78, 5) is 35.8. The lowest BCUT2D eigenvalue weighted by molar-refractivity contribution is -0.153. The van der Waals surface area contributed by atoms with Crippen molar-refractivity contribution in [2.45, 2.75) is 31.7 Å². The number of carbonyl (C=O) groups excluding carboxylic acids is 3. The molecule has 0 heterocycles. The first-order valence-electron chi connectivity index (χ1n) is 8.95. The van der Waals surface area contributed by atoms with Crippen molar-refractivity contribution < 1.29 is 32.3 Å². The Morgan fingerprint density at radius 1 is 1.13 bits per heavy atom. The van der Waals surface area contributed by atoms with Crippen molar-refractivity contribution in [3.8, 4) is 0 Å². The highest BCUT2D eigenvalue weighted by atomic mass is 35.5. The standard InChI is InChI=1S/C20H19ClF3N3O4/c1-11(18(29)26-13-6-4-5-12(9-13)20(22,23)24)31-17(28)10-16(27-19(25)30)14-7-2-3-8-15(14)21/h2-9,11,16H,10H2,1H3,(H,26,29)(H3,25,27,30).